The number of fused-ring (bicyclic) bond motifs is 1. The second-order valence-electron chi connectivity index (χ2n) is 5.13. The Labute approximate surface area is 140 Å². The third-order valence-corrected chi connectivity index (χ3v) is 4.16. The van der Waals surface area contributed by atoms with Gasteiger partial charge in [0, 0.05) is 11.0 Å². The molecule has 2 aromatic heterocycles. The van der Waals surface area contributed by atoms with Gasteiger partial charge in [0.1, 0.15) is 0 Å². The fraction of sp³-hybridized carbons (Fsp3) is 0.0625. The molecule has 2 N–H and O–H groups in total. The SMILES string of the molecule is Nc1nonc1-c1nc2ccccc2n1Cc1ccc(Br)cc1. The Morgan fingerprint density at radius 3 is 2.57 bits per heavy atom. The van der Waals surface area contributed by atoms with Gasteiger partial charge in [-0.15, -0.1) is 0 Å². The maximum atomic E-state index is 5.85. The van der Waals surface area contributed by atoms with E-state index < -0.39 is 0 Å². The van der Waals surface area contributed by atoms with E-state index in [0.717, 1.165) is 21.1 Å². The monoisotopic (exact) mass is 369 g/mol. The van der Waals surface area contributed by atoms with Crippen LogP contribution in [0.1, 0.15) is 5.56 Å². The van der Waals surface area contributed by atoms with E-state index in [1.807, 2.05) is 36.4 Å². The van der Waals surface area contributed by atoms with Gasteiger partial charge in [-0.1, -0.05) is 40.2 Å². The van der Waals surface area contributed by atoms with E-state index >= 15 is 0 Å². The number of halogens is 1. The highest BCUT2D eigenvalue weighted by Crippen LogP contribution is 2.27. The standard InChI is InChI=1S/C16H12BrN5O/c17-11-7-5-10(6-8-11)9-22-13-4-2-1-3-12(13)19-16(22)14-15(18)21-23-20-14/h1-8H,9H2,(H2,18,21). The van der Waals surface area contributed by atoms with Crippen LogP contribution in [0, 0.1) is 0 Å². The van der Waals surface area contributed by atoms with Crippen molar-refractivity contribution in [3.05, 3.63) is 58.6 Å². The summed E-state index contributed by atoms with van der Waals surface area (Å²) in [7, 11) is 0. The molecule has 0 aliphatic heterocycles. The second-order valence-corrected chi connectivity index (χ2v) is 6.05. The summed E-state index contributed by atoms with van der Waals surface area (Å²) in [5.74, 6) is 0.880. The molecule has 0 fully saturated rings. The average Bonchev–Trinajstić information content (AvgIpc) is 3.13. The van der Waals surface area contributed by atoms with Crippen molar-refractivity contribution >= 4 is 32.8 Å². The summed E-state index contributed by atoms with van der Waals surface area (Å²) in [6.45, 7) is 0.648. The Balaban J connectivity index is 1.89. The molecule has 0 atom stereocenters. The lowest BCUT2D eigenvalue weighted by atomic mass is 10.2. The number of para-hydroxylation sites is 2. The van der Waals surface area contributed by atoms with Crippen molar-refractivity contribution in [3.63, 3.8) is 0 Å². The normalized spacial score (nSPS) is 11.2. The summed E-state index contributed by atoms with van der Waals surface area (Å²) in [5.41, 5.74) is 9.34. The molecule has 7 heteroatoms. The lowest BCUT2D eigenvalue weighted by molar-refractivity contribution is 0.310. The van der Waals surface area contributed by atoms with Crippen molar-refractivity contribution in [1.82, 2.24) is 19.9 Å². The molecule has 0 aliphatic carbocycles. The Morgan fingerprint density at radius 1 is 1.04 bits per heavy atom. The number of nitrogen functional groups attached to an aromatic ring is 1. The van der Waals surface area contributed by atoms with Crippen LogP contribution in [0.25, 0.3) is 22.6 Å². The Hall–Kier alpha value is -2.67. The zero-order valence-corrected chi connectivity index (χ0v) is 13.6. The van der Waals surface area contributed by atoms with Gasteiger partial charge >= 0.3 is 0 Å². The largest absolute Gasteiger partial charge is 0.379 e. The first-order valence-corrected chi connectivity index (χ1v) is 7.80. The minimum absolute atomic E-state index is 0.234. The number of anilines is 1. The highest BCUT2D eigenvalue weighted by molar-refractivity contribution is 9.10. The predicted molar refractivity (Wildman–Crippen MR) is 90.7 cm³/mol. The predicted octanol–water partition coefficient (Wildman–Crippen LogP) is 3.48. The van der Waals surface area contributed by atoms with Gasteiger partial charge < -0.3 is 10.3 Å². The highest BCUT2D eigenvalue weighted by Gasteiger charge is 2.19. The number of hydrogen-bond donors (Lipinski definition) is 1. The number of rotatable bonds is 3. The van der Waals surface area contributed by atoms with E-state index in [1.54, 1.807) is 0 Å². The lowest BCUT2D eigenvalue weighted by Crippen LogP contribution is -2.03. The van der Waals surface area contributed by atoms with Gasteiger partial charge in [-0.3, -0.25) is 0 Å². The van der Waals surface area contributed by atoms with Gasteiger partial charge in [0.25, 0.3) is 0 Å². The zero-order valence-electron chi connectivity index (χ0n) is 12.0. The highest BCUT2D eigenvalue weighted by atomic mass is 79.9. The zero-order chi connectivity index (χ0) is 15.8. The molecule has 2 aromatic carbocycles. The maximum absolute atomic E-state index is 5.85. The molecular formula is C16H12BrN5O. The van der Waals surface area contributed by atoms with Crippen molar-refractivity contribution in [1.29, 1.82) is 0 Å². The Bertz CT molecular complexity index is 974. The summed E-state index contributed by atoms with van der Waals surface area (Å²) in [6.07, 6.45) is 0. The molecule has 6 nitrogen and oxygen atoms in total. The summed E-state index contributed by atoms with van der Waals surface area (Å²) < 4.78 is 7.84. The number of imidazole rings is 1. The third kappa shape index (κ3) is 2.49. The van der Waals surface area contributed by atoms with Crippen LogP contribution in [0.4, 0.5) is 5.82 Å². The molecule has 0 spiro atoms. The van der Waals surface area contributed by atoms with Crippen LogP contribution in [0.3, 0.4) is 0 Å². The molecule has 4 rings (SSSR count). The molecule has 0 bridgehead atoms. The fourth-order valence-corrected chi connectivity index (χ4v) is 2.80. The molecule has 23 heavy (non-hydrogen) atoms. The summed E-state index contributed by atoms with van der Waals surface area (Å²) in [4.78, 5) is 4.64. The quantitative estimate of drug-likeness (QED) is 0.597. The van der Waals surface area contributed by atoms with Crippen molar-refractivity contribution in [3.8, 4) is 11.5 Å². The number of aromatic nitrogens is 4. The molecule has 114 valence electrons. The van der Waals surface area contributed by atoms with Crippen LogP contribution in [0.2, 0.25) is 0 Å². The molecule has 4 aromatic rings. The first-order chi connectivity index (χ1) is 11.2. The Morgan fingerprint density at radius 2 is 1.83 bits per heavy atom. The second kappa shape index (κ2) is 5.51. The van der Waals surface area contributed by atoms with Crippen LogP contribution >= 0.6 is 15.9 Å². The van der Waals surface area contributed by atoms with Crippen LogP contribution < -0.4 is 5.73 Å². The molecule has 2 heterocycles. The number of nitrogens with two attached hydrogens (primary N) is 1. The Kier molecular flexibility index (Phi) is 3.34. The molecular weight excluding hydrogens is 358 g/mol. The minimum Gasteiger partial charge on any atom is -0.379 e. The summed E-state index contributed by atoms with van der Waals surface area (Å²) >= 11 is 3.45. The van der Waals surface area contributed by atoms with Crippen LogP contribution in [0.15, 0.2) is 57.6 Å². The van der Waals surface area contributed by atoms with E-state index in [1.165, 1.54) is 0 Å². The molecule has 0 aliphatic rings. The van der Waals surface area contributed by atoms with Gasteiger partial charge in [-0.05, 0) is 40.1 Å². The van der Waals surface area contributed by atoms with Gasteiger partial charge in [0.15, 0.2) is 17.3 Å². The van der Waals surface area contributed by atoms with Crippen molar-refractivity contribution < 1.29 is 4.63 Å². The van der Waals surface area contributed by atoms with E-state index in [0.29, 0.717) is 18.1 Å². The van der Waals surface area contributed by atoms with E-state index in [2.05, 4.69) is 47.9 Å². The summed E-state index contributed by atoms with van der Waals surface area (Å²) in [5, 5.41) is 7.55. The molecule has 0 saturated heterocycles. The molecule has 0 saturated carbocycles. The average molecular weight is 370 g/mol. The lowest BCUT2D eigenvalue weighted by Gasteiger charge is -2.08. The maximum Gasteiger partial charge on any atom is 0.199 e. The fourth-order valence-electron chi connectivity index (χ4n) is 2.54. The van der Waals surface area contributed by atoms with E-state index in [4.69, 9.17) is 10.4 Å². The molecule has 0 radical (unpaired) electrons. The minimum atomic E-state index is 0.234. The molecule has 0 unspecified atom stereocenters. The topological polar surface area (TPSA) is 82.8 Å². The number of hydrogen-bond acceptors (Lipinski definition) is 5. The van der Waals surface area contributed by atoms with Gasteiger partial charge in [-0.2, -0.15) is 0 Å². The van der Waals surface area contributed by atoms with Gasteiger partial charge in [-0.25, -0.2) is 9.61 Å². The van der Waals surface area contributed by atoms with Crippen LogP contribution in [-0.4, -0.2) is 19.9 Å². The van der Waals surface area contributed by atoms with Crippen molar-refractivity contribution in [2.75, 3.05) is 5.73 Å². The van der Waals surface area contributed by atoms with Crippen molar-refractivity contribution in [2.45, 2.75) is 6.54 Å². The first kappa shape index (κ1) is 14.0. The van der Waals surface area contributed by atoms with Crippen LogP contribution in [0.5, 0.6) is 0 Å². The summed E-state index contributed by atoms with van der Waals surface area (Å²) in [6, 6.07) is 16.1. The third-order valence-electron chi connectivity index (χ3n) is 3.63. The van der Waals surface area contributed by atoms with E-state index in [-0.39, 0.29) is 5.82 Å². The first-order valence-electron chi connectivity index (χ1n) is 7.00. The number of nitrogens with zero attached hydrogens (tertiary/aromatic N) is 4. The van der Waals surface area contributed by atoms with Gasteiger partial charge in [0.05, 0.1) is 11.0 Å². The van der Waals surface area contributed by atoms with Crippen LogP contribution in [-0.2, 0) is 6.54 Å². The smallest absolute Gasteiger partial charge is 0.199 e. The van der Waals surface area contributed by atoms with Crippen molar-refractivity contribution in [2.24, 2.45) is 0 Å². The van der Waals surface area contributed by atoms with E-state index in [9.17, 15) is 0 Å². The number of benzene rings is 2. The molecule has 0 amide bonds. The van der Waals surface area contributed by atoms with Gasteiger partial charge in [0.2, 0.25) is 0 Å².